The molecule has 3 rings (SSSR count). The molecule has 1 heterocycles. The first kappa shape index (κ1) is 25.4. The van der Waals surface area contributed by atoms with Crippen LogP contribution >= 0.6 is 0 Å². The Morgan fingerprint density at radius 2 is 1.76 bits per heavy atom. The highest BCUT2D eigenvalue weighted by Gasteiger charge is 2.28. The molecule has 2 aromatic carbocycles. The van der Waals surface area contributed by atoms with Gasteiger partial charge in [-0.15, -0.1) is 0 Å². The van der Waals surface area contributed by atoms with Crippen LogP contribution in [0.4, 0.5) is 0 Å². The molecule has 0 aromatic heterocycles. The summed E-state index contributed by atoms with van der Waals surface area (Å²) in [6.45, 7) is 10.0. The lowest BCUT2D eigenvalue weighted by molar-refractivity contribution is -0.225. The third-order valence-corrected chi connectivity index (χ3v) is 6.11. The normalized spacial score (nSPS) is 24.5. The molecule has 1 N–H and O–H groups in total. The van der Waals surface area contributed by atoms with Gasteiger partial charge in [0, 0.05) is 23.3 Å². The second-order valence-electron chi connectivity index (χ2n) is 9.25. The SMILES string of the molecule is CC(/C=C/[C@@H]1O[C@H](c2ccccc2)OC[C@H]1C)=C\[C@H](C)[C@@H](O)[C@@H](C)COCc1ccccc1. The highest BCUT2D eigenvalue weighted by Crippen LogP contribution is 2.30. The summed E-state index contributed by atoms with van der Waals surface area (Å²) in [7, 11) is 0. The van der Waals surface area contributed by atoms with Gasteiger partial charge in [-0.3, -0.25) is 0 Å². The molecule has 0 aliphatic carbocycles. The maximum Gasteiger partial charge on any atom is 0.184 e. The average molecular weight is 451 g/mol. The summed E-state index contributed by atoms with van der Waals surface area (Å²) in [4.78, 5) is 0. The van der Waals surface area contributed by atoms with Crippen molar-refractivity contribution in [2.75, 3.05) is 13.2 Å². The fourth-order valence-electron chi connectivity index (χ4n) is 4.04. The molecule has 0 amide bonds. The molecule has 1 fully saturated rings. The van der Waals surface area contributed by atoms with Crippen LogP contribution in [0.25, 0.3) is 0 Å². The Bertz CT molecular complexity index is 877. The van der Waals surface area contributed by atoms with E-state index >= 15 is 0 Å². The van der Waals surface area contributed by atoms with Crippen LogP contribution in [0.3, 0.4) is 0 Å². The fraction of sp³-hybridized carbons (Fsp3) is 0.448. The number of aliphatic hydroxyl groups excluding tert-OH is 1. The minimum atomic E-state index is -0.468. The summed E-state index contributed by atoms with van der Waals surface area (Å²) in [5, 5.41) is 10.8. The Morgan fingerprint density at radius 1 is 1.09 bits per heavy atom. The Balaban J connectivity index is 1.49. The van der Waals surface area contributed by atoms with E-state index in [1.807, 2.05) is 67.6 Å². The molecule has 2 aromatic rings. The zero-order chi connectivity index (χ0) is 23.6. The van der Waals surface area contributed by atoms with Gasteiger partial charge in [0.15, 0.2) is 6.29 Å². The maximum atomic E-state index is 10.8. The molecule has 1 aliphatic heterocycles. The standard InChI is InChI=1S/C29H38O4/c1-21(15-16-27-23(3)19-32-29(33-27)26-13-9-6-10-14-26)17-22(2)28(30)24(4)18-31-20-25-11-7-5-8-12-25/h5-17,22-24,27-30H,18-20H2,1-4H3/b16-15+,21-17+/t22-,23+,24-,27-,28+,29+/m0/s1. The van der Waals surface area contributed by atoms with Crippen molar-refractivity contribution < 1.29 is 19.3 Å². The lowest BCUT2D eigenvalue weighted by Gasteiger charge is -2.33. The zero-order valence-electron chi connectivity index (χ0n) is 20.3. The van der Waals surface area contributed by atoms with Crippen molar-refractivity contribution in [3.05, 3.63) is 95.6 Å². The van der Waals surface area contributed by atoms with Gasteiger partial charge in [-0.2, -0.15) is 0 Å². The quantitative estimate of drug-likeness (QED) is 0.445. The molecule has 0 bridgehead atoms. The van der Waals surface area contributed by atoms with Crippen LogP contribution in [0.2, 0.25) is 0 Å². The van der Waals surface area contributed by atoms with E-state index in [1.165, 1.54) is 0 Å². The summed E-state index contributed by atoms with van der Waals surface area (Å²) in [6, 6.07) is 20.2. The van der Waals surface area contributed by atoms with Gasteiger partial charge in [0.1, 0.15) is 0 Å². The minimum absolute atomic E-state index is 0.0159. The second kappa shape index (κ2) is 12.9. The van der Waals surface area contributed by atoms with E-state index in [0.717, 1.165) is 16.7 Å². The van der Waals surface area contributed by atoms with E-state index in [2.05, 4.69) is 39.0 Å². The topological polar surface area (TPSA) is 47.9 Å². The second-order valence-corrected chi connectivity index (χ2v) is 9.25. The number of aliphatic hydroxyl groups is 1. The van der Waals surface area contributed by atoms with E-state index in [0.29, 0.717) is 19.8 Å². The molecule has 1 saturated heterocycles. The molecule has 0 spiro atoms. The number of hydrogen-bond donors (Lipinski definition) is 1. The molecule has 33 heavy (non-hydrogen) atoms. The molecule has 0 radical (unpaired) electrons. The summed E-state index contributed by atoms with van der Waals surface area (Å²) in [5.74, 6) is 0.344. The van der Waals surface area contributed by atoms with Gasteiger partial charge in [-0.1, -0.05) is 105 Å². The lowest BCUT2D eigenvalue weighted by atomic mass is 9.92. The van der Waals surface area contributed by atoms with Gasteiger partial charge < -0.3 is 19.3 Å². The summed E-state index contributed by atoms with van der Waals surface area (Å²) >= 11 is 0. The predicted octanol–water partition coefficient (Wildman–Crippen LogP) is 6.09. The van der Waals surface area contributed by atoms with Crippen LogP contribution in [0.5, 0.6) is 0 Å². The van der Waals surface area contributed by atoms with Gasteiger partial charge in [0.2, 0.25) is 0 Å². The molecule has 0 saturated carbocycles. The highest BCUT2D eigenvalue weighted by molar-refractivity contribution is 5.20. The average Bonchev–Trinajstić information content (AvgIpc) is 2.84. The molecule has 4 heteroatoms. The van der Waals surface area contributed by atoms with E-state index in [-0.39, 0.29) is 30.1 Å². The van der Waals surface area contributed by atoms with Gasteiger partial charge in [0.25, 0.3) is 0 Å². The molecular weight excluding hydrogens is 412 g/mol. The lowest BCUT2D eigenvalue weighted by Crippen LogP contribution is -2.33. The third-order valence-electron chi connectivity index (χ3n) is 6.11. The molecule has 4 nitrogen and oxygen atoms in total. The Labute approximate surface area is 198 Å². The van der Waals surface area contributed by atoms with Crippen LogP contribution < -0.4 is 0 Å². The van der Waals surface area contributed by atoms with Crippen molar-refractivity contribution >= 4 is 0 Å². The maximum absolute atomic E-state index is 10.8. The van der Waals surface area contributed by atoms with Crippen LogP contribution in [0.15, 0.2) is 84.5 Å². The Morgan fingerprint density at radius 3 is 2.45 bits per heavy atom. The fourth-order valence-corrected chi connectivity index (χ4v) is 4.04. The monoisotopic (exact) mass is 450 g/mol. The third kappa shape index (κ3) is 7.94. The summed E-state index contributed by atoms with van der Waals surface area (Å²) in [6.07, 6.45) is 5.50. The molecule has 6 atom stereocenters. The smallest absolute Gasteiger partial charge is 0.184 e. The number of allylic oxidation sites excluding steroid dienone is 2. The van der Waals surface area contributed by atoms with E-state index < -0.39 is 6.10 Å². The van der Waals surface area contributed by atoms with Crippen molar-refractivity contribution in [2.24, 2.45) is 17.8 Å². The van der Waals surface area contributed by atoms with Crippen molar-refractivity contribution in [3.63, 3.8) is 0 Å². The Hall–Kier alpha value is -2.24. The zero-order valence-corrected chi connectivity index (χ0v) is 20.3. The predicted molar refractivity (Wildman–Crippen MR) is 133 cm³/mol. The van der Waals surface area contributed by atoms with Crippen LogP contribution in [0, 0.1) is 17.8 Å². The van der Waals surface area contributed by atoms with E-state index in [4.69, 9.17) is 14.2 Å². The molecule has 178 valence electrons. The van der Waals surface area contributed by atoms with E-state index in [1.54, 1.807) is 0 Å². The van der Waals surface area contributed by atoms with Gasteiger partial charge in [0.05, 0.1) is 32.0 Å². The van der Waals surface area contributed by atoms with Gasteiger partial charge in [-0.25, -0.2) is 0 Å². The summed E-state index contributed by atoms with van der Waals surface area (Å²) in [5.41, 5.74) is 3.29. The largest absolute Gasteiger partial charge is 0.392 e. The Kier molecular flexibility index (Phi) is 9.89. The first-order valence-corrected chi connectivity index (χ1v) is 11.9. The van der Waals surface area contributed by atoms with Crippen molar-refractivity contribution in [1.82, 2.24) is 0 Å². The molecular formula is C29H38O4. The number of rotatable bonds is 10. The number of hydrogen-bond acceptors (Lipinski definition) is 4. The van der Waals surface area contributed by atoms with Crippen molar-refractivity contribution in [3.8, 4) is 0 Å². The van der Waals surface area contributed by atoms with Crippen LogP contribution in [0.1, 0.15) is 45.1 Å². The van der Waals surface area contributed by atoms with Crippen LogP contribution in [-0.4, -0.2) is 30.5 Å². The first-order chi connectivity index (χ1) is 15.9. The van der Waals surface area contributed by atoms with Crippen LogP contribution in [-0.2, 0) is 20.8 Å². The molecule has 1 aliphatic rings. The number of benzene rings is 2. The van der Waals surface area contributed by atoms with E-state index in [9.17, 15) is 5.11 Å². The van der Waals surface area contributed by atoms with Crippen molar-refractivity contribution in [2.45, 2.75) is 52.8 Å². The summed E-state index contributed by atoms with van der Waals surface area (Å²) < 4.78 is 17.9. The van der Waals surface area contributed by atoms with Gasteiger partial charge >= 0.3 is 0 Å². The molecule has 0 unspecified atom stereocenters. The first-order valence-electron chi connectivity index (χ1n) is 11.9. The minimum Gasteiger partial charge on any atom is -0.392 e. The highest BCUT2D eigenvalue weighted by atomic mass is 16.7. The van der Waals surface area contributed by atoms with Crippen molar-refractivity contribution in [1.29, 1.82) is 0 Å². The number of ether oxygens (including phenoxy) is 3. The van der Waals surface area contributed by atoms with Gasteiger partial charge in [-0.05, 0) is 12.5 Å².